The van der Waals surface area contributed by atoms with Gasteiger partial charge in [0.15, 0.2) is 0 Å². The zero-order chi connectivity index (χ0) is 17.8. The first-order valence-corrected chi connectivity index (χ1v) is 8.66. The largest absolute Gasteiger partial charge is 0.345 e. The van der Waals surface area contributed by atoms with Crippen LogP contribution in [-0.4, -0.2) is 17.9 Å². The number of para-hydroxylation sites is 1. The fourth-order valence-electron chi connectivity index (χ4n) is 2.42. The topological polar surface area (TPSA) is 45.2 Å². The van der Waals surface area contributed by atoms with Gasteiger partial charge >= 0.3 is 0 Å². The number of aryl methyl sites for hydroxylation is 1. The number of pyridine rings is 1. The normalized spacial score (nSPS) is 10.4. The molecule has 0 spiro atoms. The van der Waals surface area contributed by atoms with Crippen LogP contribution in [0.5, 0.6) is 0 Å². The average Bonchev–Trinajstić information content (AvgIpc) is 2.65. The maximum atomic E-state index is 12.5. The number of anilines is 3. The lowest BCUT2D eigenvalue weighted by Gasteiger charge is -2.19. The van der Waals surface area contributed by atoms with Crippen molar-refractivity contribution < 1.29 is 4.79 Å². The van der Waals surface area contributed by atoms with Gasteiger partial charge in [-0.1, -0.05) is 40.2 Å². The van der Waals surface area contributed by atoms with E-state index in [1.54, 1.807) is 12.3 Å². The third-order valence-electron chi connectivity index (χ3n) is 3.94. The molecule has 0 unspecified atom stereocenters. The molecule has 5 heteroatoms. The minimum absolute atomic E-state index is 0.237. The van der Waals surface area contributed by atoms with Crippen molar-refractivity contribution in [3.63, 3.8) is 0 Å². The molecular weight excluding hydrogens is 378 g/mol. The van der Waals surface area contributed by atoms with Gasteiger partial charge in [-0.05, 0) is 48.9 Å². The number of amides is 1. The Bertz CT molecular complexity index is 896. The third kappa shape index (κ3) is 4.06. The van der Waals surface area contributed by atoms with Gasteiger partial charge < -0.3 is 10.2 Å². The molecule has 126 valence electrons. The number of nitrogens with zero attached hydrogens (tertiary/aromatic N) is 2. The summed E-state index contributed by atoms with van der Waals surface area (Å²) in [5.41, 5.74) is 4.16. The van der Waals surface area contributed by atoms with Gasteiger partial charge in [-0.25, -0.2) is 0 Å². The lowest BCUT2D eigenvalue weighted by Crippen LogP contribution is -2.15. The summed E-state index contributed by atoms with van der Waals surface area (Å²) < 4.78 is 0.954. The molecule has 0 saturated carbocycles. The van der Waals surface area contributed by atoms with Gasteiger partial charge in [0, 0.05) is 34.8 Å². The van der Waals surface area contributed by atoms with Crippen LogP contribution in [0, 0.1) is 6.92 Å². The summed E-state index contributed by atoms with van der Waals surface area (Å²) >= 11 is 3.48. The van der Waals surface area contributed by atoms with Crippen LogP contribution in [0.2, 0.25) is 0 Å². The van der Waals surface area contributed by atoms with E-state index in [-0.39, 0.29) is 5.91 Å². The SMILES string of the molecule is Cc1ccc(NC(=O)c2cc(N(C)c3ccccc3)ccn2)cc1Br. The maximum absolute atomic E-state index is 12.5. The van der Waals surface area contributed by atoms with Crippen LogP contribution in [0.3, 0.4) is 0 Å². The molecule has 0 aliphatic carbocycles. The standard InChI is InChI=1S/C20H18BrN3O/c1-14-8-9-15(12-18(14)21)23-20(25)19-13-17(10-11-22-19)24(2)16-6-4-3-5-7-16/h3-13H,1-2H3,(H,23,25). The molecule has 0 aliphatic heterocycles. The predicted octanol–water partition coefficient (Wildman–Crippen LogP) is 5.17. The van der Waals surface area contributed by atoms with Crippen LogP contribution < -0.4 is 10.2 Å². The molecule has 2 aromatic carbocycles. The van der Waals surface area contributed by atoms with Crippen LogP contribution in [0.4, 0.5) is 17.1 Å². The first-order valence-electron chi connectivity index (χ1n) is 7.87. The number of benzene rings is 2. The fourth-order valence-corrected chi connectivity index (χ4v) is 2.80. The van der Waals surface area contributed by atoms with E-state index in [1.165, 1.54) is 0 Å². The molecule has 25 heavy (non-hydrogen) atoms. The number of halogens is 1. The van der Waals surface area contributed by atoms with Crippen molar-refractivity contribution in [1.29, 1.82) is 0 Å². The van der Waals surface area contributed by atoms with Crippen LogP contribution in [-0.2, 0) is 0 Å². The molecule has 1 amide bonds. The Morgan fingerprint density at radius 1 is 1.04 bits per heavy atom. The van der Waals surface area contributed by atoms with Gasteiger partial charge in [0.1, 0.15) is 5.69 Å². The van der Waals surface area contributed by atoms with Crippen molar-refractivity contribution in [1.82, 2.24) is 4.98 Å². The highest BCUT2D eigenvalue weighted by Gasteiger charge is 2.11. The van der Waals surface area contributed by atoms with Gasteiger partial charge in [-0.15, -0.1) is 0 Å². The first kappa shape index (κ1) is 17.2. The number of rotatable bonds is 4. The van der Waals surface area contributed by atoms with Gasteiger partial charge in [-0.2, -0.15) is 0 Å². The summed E-state index contributed by atoms with van der Waals surface area (Å²) in [5.74, 6) is -0.237. The van der Waals surface area contributed by atoms with Gasteiger partial charge in [0.25, 0.3) is 5.91 Å². The molecule has 1 aromatic heterocycles. The van der Waals surface area contributed by atoms with E-state index in [9.17, 15) is 4.79 Å². The number of hydrogen-bond donors (Lipinski definition) is 1. The Labute approximate surface area is 155 Å². The van der Waals surface area contributed by atoms with Crippen molar-refractivity contribution in [2.24, 2.45) is 0 Å². The second-order valence-electron chi connectivity index (χ2n) is 5.71. The van der Waals surface area contributed by atoms with Crippen molar-refractivity contribution >= 4 is 38.9 Å². The summed E-state index contributed by atoms with van der Waals surface area (Å²) in [6.07, 6.45) is 1.65. The van der Waals surface area contributed by atoms with E-state index in [1.807, 2.05) is 73.5 Å². The van der Waals surface area contributed by atoms with Gasteiger partial charge in [0.05, 0.1) is 0 Å². The quantitative estimate of drug-likeness (QED) is 0.662. The van der Waals surface area contributed by atoms with E-state index in [0.717, 1.165) is 27.1 Å². The minimum Gasteiger partial charge on any atom is -0.345 e. The van der Waals surface area contributed by atoms with Gasteiger partial charge in [0.2, 0.25) is 0 Å². The summed E-state index contributed by atoms with van der Waals surface area (Å²) in [4.78, 5) is 18.7. The predicted molar refractivity (Wildman–Crippen MR) is 106 cm³/mol. The molecule has 3 aromatic rings. The lowest BCUT2D eigenvalue weighted by atomic mass is 10.2. The molecule has 1 heterocycles. The second-order valence-corrected chi connectivity index (χ2v) is 6.57. The van der Waals surface area contributed by atoms with Crippen LogP contribution in [0.1, 0.15) is 16.1 Å². The van der Waals surface area contributed by atoms with Crippen molar-refractivity contribution in [2.45, 2.75) is 6.92 Å². The molecular formula is C20H18BrN3O. The highest BCUT2D eigenvalue weighted by molar-refractivity contribution is 9.10. The molecule has 0 fully saturated rings. The number of carbonyl (C=O) groups excluding carboxylic acids is 1. The van der Waals surface area contributed by atoms with Crippen molar-refractivity contribution in [3.05, 3.63) is 82.6 Å². The Hall–Kier alpha value is -2.66. The summed E-state index contributed by atoms with van der Waals surface area (Å²) in [6.45, 7) is 2.00. The van der Waals surface area contributed by atoms with Crippen LogP contribution in [0.15, 0.2) is 71.3 Å². The molecule has 0 bridgehead atoms. The zero-order valence-corrected chi connectivity index (χ0v) is 15.6. The Morgan fingerprint density at radius 2 is 1.80 bits per heavy atom. The van der Waals surface area contributed by atoms with E-state index >= 15 is 0 Å². The van der Waals surface area contributed by atoms with Crippen LogP contribution >= 0.6 is 15.9 Å². The summed E-state index contributed by atoms with van der Waals surface area (Å²) in [7, 11) is 1.96. The summed E-state index contributed by atoms with van der Waals surface area (Å²) in [5, 5.41) is 2.88. The third-order valence-corrected chi connectivity index (χ3v) is 4.79. The highest BCUT2D eigenvalue weighted by Crippen LogP contribution is 2.24. The monoisotopic (exact) mass is 395 g/mol. The zero-order valence-electron chi connectivity index (χ0n) is 14.0. The van der Waals surface area contributed by atoms with Crippen molar-refractivity contribution in [3.8, 4) is 0 Å². The van der Waals surface area contributed by atoms with E-state index < -0.39 is 0 Å². The van der Waals surface area contributed by atoms with E-state index in [2.05, 4.69) is 26.2 Å². The maximum Gasteiger partial charge on any atom is 0.274 e. The molecule has 3 rings (SSSR count). The molecule has 0 radical (unpaired) electrons. The number of hydrogen-bond acceptors (Lipinski definition) is 3. The molecule has 1 N–H and O–H groups in total. The molecule has 0 atom stereocenters. The minimum atomic E-state index is -0.237. The number of nitrogens with one attached hydrogen (secondary N) is 1. The van der Waals surface area contributed by atoms with E-state index in [4.69, 9.17) is 0 Å². The van der Waals surface area contributed by atoms with Crippen molar-refractivity contribution in [2.75, 3.05) is 17.3 Å². The molecule has 0 aliphatic rings. The smallest absolute Gasteiger partial charge is 0.274 e. The average molecular weight is 396 g/mol. The Morgan fingerprint density at radius 3 is 2.52 bits per heavy atom. The van der Waals surface area contributed by atoms with Crippen LogP contribution in [0.25, 0.3) is 0 Å². The number of carbonyl (C=O) groups is 1. The van der Waals surface area contributed by atoms with Gasteiger partial charge in [-0.3, -0.25) is 9.78 Å². The van der Waals surface area contributed by atoms with E-state index in [0.29, 0.717) is 5.69 Å². The molecule has 4 nitrogen and oxygen atoms in total. The highest BCUT2D eigenvalue weighted by atomic mass is 79.9. The number of aromatic nitrogens is 1. The molecule has 0 saturated heterocycles. The fraction of sp³-hybridized carbons (Fsp3) is 0.100. The Balaban J connectivity index is 1.81. The Kier molecular flexibility index (Phi) is 5.14. The first-order chi connectivity index (χ1) is 12.0. The second kappa shape index (κ2) is 7.49. The summed E-state index contributed by atoms with van der Waals surface area (Å²) in [6, 6.07) is 19.3. The lowest BCUT2D eigenvalue weighted by molar-refractivity contribution is 0.102.